The second-order valence-electron chi connectivity index (χ2n) is 7.43. The number of carbonyl (C=O) groups excluding carboxylic acids is 1. The second-order valence-corrected chi connectivity index (χ2v) is 7.43. The normalized spacial score (nSPS) is 14.5. The van der Waals surface area contributed by atoms with E-state index >= 15 is 0 Å². The van der Waals surface area contributed by atoms with E-state index < -0.39 is 31.5 Å². The molecular formula is C21H42O8. The third-order valence-corrected chi connectivity index (χ3v) is 4.47. The predicted octanol–water partition coefficient (Wildman–Crippen LogP) is 1.56. The van der Waals surface area contributed by atoms with Gasteiger partial charge in [0.25, 0.3) is 0 Å². The Morgan fingerprint density at radius 2 is 1.31 bits per heavy atom. The van der Waals surface area contributed by atoms with Gasteiger partial charge in [-0.25, -0.2) is 0 Å². The molecule has 0 spiro atoms. The number of aliphatic hydroxyl groups excluding tert-OH is 4. The van der Waals surface area contributed by atoms with Gasteiger partial charge in [0.1, 0.15) is 24.9 Å². The molecule has 0 bridgehead atoms. The van der Waals surface area contributed by atoms with Crippen LogP contribution >= 0.6 is 0 Å². The summed E-state index contributed by atoms with van der Waals surface area (Å²) < 4.78 is 15.9. The zero-order valence-electron chi connectivity index (χ0n) is 18.0. The van der Waals surface area contributed by atoms with Gasteiger partial charge in [0.15, 0.2) is 0 Å². The maximum atomic E-state index is 11.9. The van der Waals surface area contributed by atoms with Crippen LogP contribution in [-0.2, 0) is 19.0 Å². The van der Waals surface area contributed by atoms with Crippen molar-refractivity contribution in [3.8, 4) is 0 Å². The molecular weight excluding hydrogens is 380 g/mol. The Balaban J connectivity index is 3.91. The SMILES string of the molecule is CCCCCCCCCCCC(=O)OCC(COCC(O)CO)OCC(O)CO. The molecule has 0 aromatic heterocycles. The summed E-state index contributed by atoms with van der Waals surface area (Å²) in [5.74, 6) is -0.306. The van der Waals surface area contributed by atoms with E-state index in [0.717, 1.165) is 19.3 Å². The van der Waals surface area contributed by atoms with E-state index in [1.54, 1.807) is 0 Å². The van der Waals surface area contributed by atoms with Crippen molar-refractivity contribution < 1.29 is 39.4 Å². The van der Waals surface area contributed by atoms with E-state index in [1.807, 2.05) is 0 Å². The average molecular weight is 423 g/mol. The van der Waals surface area contributed by atoms with Crippen molar-refractivity contribution in [1.29, 1.82) is 0 Å². The molecule has 3 atom stereocenters. The first-order chi connectivity index (χ1) is 14.0. The molecule has 0 aliphatic heterocycles. The summed E-state index contributed by atoms with van der Waals surface area (Å²) in [6.45, 7) is 1.15. The van der Waals surface area contributed by atoms with Gasteiger partial charge in [-0.2, -0.15) is 0 Å². The highest BCUT2D eigenvalue weighted by atomic mass is 16.6. The number of hydrogen-bond donors (Lipinski definition) is 4. The lowest BCUT2D eigenvalue weighted by atomic mass is 10.1. The summed E-state index contributed by atoms with van der Waals surface area (Å²) >= 11 is 0. The van der Waals surface area contributed by atoms with Gasteiger partial charge in [0, 0.05) is 6.42 Å². The van der Waals surface area contributed by atoms with Gasteiger partial charge in [0.2, 0.25) is 0 Å². The molecule has 0 amide bonds. The lowest BCUT2D eigenvalue weighted by molar-refractivity contribution is -0.152. The second kappa shape index (κ2) is 20.5. The molecule has 0 aliphatic rings. The zero-order chi connectivity index (χ0) is 21.7. The summed E-state index contributed by atoms with van der Waals surface area (Å²) in [6, 6.07) is 0. The molecule has 4 N–H and O–H groups in total. The van der Waals surface area contributed by atoms with E-state index in [1.165, 1.54) is 38.5 Å². The highest BCUT2D eigenvalue weighted by Gasteiger charge is 2.16. The van der Waals surface area contributed by atoms with Crippen molar-refractivity contribution in [2.75, 3.05) is 39.6 Å². The van der Waals surface area contributed by atoms with Crippen LogP contribution in [-0.4, -0.2) is 84.3 Å². The van der Waals surface area contributed by atoms with E-state index in [9.17, 15) is 15.0 Å². The van der Waals surface area contributed by atoms with Crippen LogP contribution in [0.15, 0.2) is 0 Å². The van der Waals surface area contributed by atoms with Gasteiger partial charge in [-0.15, -0.1) is 0 Å². The van der Waals surface area contributed by atoms with Crippen LogP contribution in [0.1, 0.15) is 71.1 Å². The van der Waals surface area contributed by atoms with Crippen molar-refractivity contribution in [3.63, 3.8) is 0 Å². The maximum Gasteiger partial charge on any atom is 0.305 e. The van der Waals surface area contributed by atoms with Crippen molar-refractivity contribution in [2.45, 2.75) is 89.4 Å². The number of rotatable bonds is 21. The number of unbranched alkanes of at least 4 members (excludes halogenated alkanes) is 8. The fourth-order valence-corrected chi connectivity index (χ4v) is 2.67. The van der Waals surface area contributed by atoms with E-state index in [2.05, 4.69) is 6.92 Å². The zero-order valence-corrected chi connectivity index (χ0v) is 18.0. The fraction of sp³-hybridized carbons (Fsp3) is 0.952. The summed E-state index contributed by atoms with van der Waals surface area (Å²) in [6.07, 6.45) is 8.26. The van der Waals surface area contributed by atoms with Gasteiger partial charge in [-0.05, 0) is 6.42 Å². The first-order valence-electron chi connectivity index (χ1n) is 11.0. The standard InChI is InChI=1S/C21H42O8/c1-2-3-4-5-6-7-8-9-10-11-21(26)29-17-20(28-15-19(25)13-23)16-27-14-18(24)12-22/h18-20,22-25H,2-17H2,1H3. The molecule has 0 aliphatic carbocycles. The highest BCUT2D eigenvalue weighted by molar-refractivity contribution is 5.69. The van der Waals surface area contributed by atoms with Gasteiger partial charge in [0.05, 0.1) is 33.0 Å². The van der Waals surface area contributed by atoms with E-state index in [-0.39, 0.29) is 32.4 Å². The summed E-state index contributed by atoms with van der Waals surface area (Å²) in [5.41, 5.74) is 0. The number of hydrogen-bond acceptors (Lipinski definition) is 8. The smallest absolute Gasteiger partial charge is 0.305 e. The van der Waals surface area contributed by atoms with Crippen molar-refractivity contribution in [1.82, 2.24) is 0 Å². The molecule has 3 unspecified atom stereocenters. The van der Waals surface area contributed by atoms with Gasteiger partial charge in [-0.3, -0.25) is 4.79 Å². The van der Waals surface area contributed by atoms with E-state index in [0.29, 0.717) is 6.42 Å². The molecule has 0 heterocycles. The molecule has 0 rings (SSSR count). The minimum atomic E-state index is -1.03. The molecule has 29 heavy (non-hydrogen) atoms. The first kappa shape index (κ1) is 28.2. The number of esters is 1. The lowest BCUT2D eigenvalue weighted by Gasteiger charge is -2.20. The van der Waals surface area contributed by atoms with E-state index in [4.69, 9.17) is 24.4 Å². The molecule has 8 nitrogen and oxygen atoms in total. The number of aliphatic hydroxyl groups is 4. The molecule has 0 radical (unpaired) electrons. The Labute approximate surface area is 175 Å². The van der Waals surface area contributed by atoms with Crippen molar-refractivity contribution >= 4 is 5.97 Å². The van der Waals surface area contributed by atoms with Gasteiger partial charge >= 0.3 is 5.97 Å². The Hall–Kier alpha value is -0.770. The van der Waals surface area contributed by atoms with Crippen molar-refractivity contribution in [2.24, 2.45) is 0 Å². The summed E-state index contributed by atoms with van der Waals surface area (Å²) in [5, 5.41) is 36.3. The minimum Gasteiger partial charge on any atom is -0.463 e. The summed E-state index contributed by atoms with van der Waals surface area (Å²) in [4.78, 5) is 11.9. The largest absolute Gasteiger partial charge is 0.463 e. The van der Waals surface area contributed by atoms with Crippen LogP contribution < -0.4 is 0 Å². The number of ether oxygens (including phenoxy) is 3. The lowest BCUT2D eigenvalue weighted by Crippen LogP contribution is -2.33. The quantitative estimate of drug-likeness (QED) is 0.162. The average Bonchev–Trinajstić information content (AvgIpc) is 2.73. The Bertz CT molecular complexity index is 367. The molecule has 0 aromatic rings. The topological polar surface area (TPSA) is 126 Å². The highest BCUT2D eigenvalue weighted by Crippen LogP contribution is 2.11. The molecule has 0 saturated heterocycles. The Morgan fingerprint density at radius 1 is 0.759 bits per heavy atom. The third-order valence-electron chi connectivity index (χ3n) is 4.47. The van der Waals surface area contributed by atoms with Crippen LogP contribution in [0.3, 0.4) is 0 Å². The van der Waals surface area contributed by atoms with Crippen LogP contribution in [0.25, 0.3) is 0 Å². The molecule has 8 heteroatoms. The maximum absolute atomic E-state index is 11.9. The van der Waals surface area contributed by atoms with Crippen LogP contribution in [0.4, 0.5) is 0 Å². The van der Waals surface area contributed by atoms with Crippen LogP contribution in [0.5, 0.6) is 0 Å². The van der Waals surface area contributed by atoms with Gasteiger partial charge in [-0.1, -0.05) is 58.3 Å². The van der Waals surface area contributed by atoms with Crippen molar-refractivity contribution in [3.05, 3.63) is 0 Å². The predicted molar refractivity (Wildman–Crippen MR) is 110 cm³/mol. The summed E-state index contributed by atoms with van der Waals surface area (Å²) in [7, 11) is 0. The molecule has 0 saturated carbocycles. The third kappa shape index (κ3) is 19.0. The van der Waals surface area contributed by atoms with Crippen LogP contribution in [0, 0.1) is 0 Å². The Morgan fingerprint density at radius 3 is 1.90 bits per heavy atom. The van der Waals surface area contributed by atoms with Gasteiger partial charge < -0.3 is 34.6 Å². The monoisotopic (exact) mass is 422 g/mol. The molecule has 0 aromatic carbocycles. The Kier molecular flexibility index (Phi) is 20.0. The first-order valence-corrected chi connectivity index (χ1v) is 11.0. The minimum absolute atomic E-state index is 0.0283. The molecule has 0 fully saturated rings. The number of carbonyl (C=O) groups is 1. The fourth-order valence-electron chi connectivity index (χ4n) is 2.67. The molecule has 174 valence electrons. The van der Waals surface area contributed by atoms with Crippen LogP contribution in [0.2, 0.25) is 0 Å².